The summed E-state index contributed by atoms with van der Waals surface area (Å²) in [6, 6.07) is 88.2. The third kappa shape index (κ3) is 6.75. The van der Waals surface area contributed by atoms with Crippen LogP contribution in [0.3, 0.4) is 0 Å². The van der Waals surface area contributed by atoms with Gasteiger partial charge in [-0.3, -0.25) is 0 Å². The van der Waals surface area contributed by atoms with Gasteiger partial charge >= 0.3 is 0 Å². The second-order valence-electron chi connectivity index (χ2n) is 21.0. The van der Waals surface area contributed by atoms with Crippen LogP contribution in [-0.2, 0) is 10.8 Å². The molecule has 0 saturated carbocycles. The van der Waals surface area contributed by atoms with E-state index < -0.39 is 0 Å². The van der Waals surface area contributed by atoms with Crippen LogP contribution in [0.2, 0.25) is 0 Å². The Balaban J connectivity index is 0.833. The Labute approximate surface area is 432 Å². The summed E-state index contributed by atoms with van der Waals surface area (Å²) in [7, 11) is 0. The number of hydrogen-bond donors (Lipinski definition) is 0. The zero-order valence-corrected chi connectivity index (χ0v) is 41.9. The van der Waals surface area contributed by atoms with Gasteiger partial charge in [-0.2, -0.15) is 0 Å². The number of para-hydroxylation sites is 3. The number of anilines is 6. The van der Waals surface area contributed by atoms with Gasteiger partial charge in [0.1, 0.15) is 0 Å². The molecule has 4 heteroatoms. The first-order valence-electron chi connectivity index (χ1n) is 25.7. The molecule has 0 fully saturated rings. The average Bonchev–Trinajstić information content (AvgIpc) is 3.81. The molecular formula is C70H52N4. The standard InChI is InChI=1S/C70H52N4/c1-69(2)62-43-47(53-38-39-57(55-29-17-16-28-54(53)55)58-40-41-64(59-31-19-18-30-56(58)59)74(49-24-10-6-11-25-49)50-26-12-7-13-27-50)33-36-60(62)65-67(69)72-66-61-37-35-52(44-63(61)70(3,4)68(66)71-65)73(48-22-8-5-9-23-48)51-34-32-45-20-14-15-21-46(45)42-51/h5-44H,1-4H3. The van der Waals surface area contributed by atoms with Crippen molar-refractivity contribution >= 4 is 66.4 Å². The van der Waals surface area contributed by atoms with Gasteiger partial charge < -0.3 is 9.80 Å². The number of nitrogens with zero attached hydrogens (tertiary/aromatic N) is 4. The molecular weight excluding hydrogens is 897 g/mol. The summed E-state index contributed by atoms with van der Waals surface area (Å²) in [6.45, 7) is 9.26. The second kappa shape index (κ2) is 16.7. The highest BCUT2D eigenvalue weighted by Crippen LogP contribution is 2.55. The lowest BCUT2D eigenvalue weighted by Gasteiger charge is -2.28. The van der Waals surface area contributed by atoms with Crippen molar-refractivity contribution in [3.63, 3.8) is 0 Å². The predicted octanol–water partition coefficient (Wildman–Crippen LogP) is 18.8. The molecule has 0 spiro atoms. The van der Waals surface area contributed by atoms with Crippen LogP contribution in [0.4, 0.5) is 34.1 Å². The quantitative estimate of drug-likeness (QED) is 0.152. The average molecular weight is 949 g/mol. The SMILES string of the molecule is CC1(C)c2cc(-c3ccc(-c4ccc(N(c5ccccc5)c5ccccc5)c5ccccc45)c4ccccc34)ccc2-c2nc3c(nc21)-c1ccc(N(c2ccccc2)c2ccc4ccccc4c2)cc1C3(C)C. The number of fused-ring (bicyclic) bond motifs is 9. The molecule has 2 aliphatic carbocycles. The van der Waals surface area contributed by atoms with E-state index in [9.17, 15) is 0 Å². The minimum Gasteiger partial charge on any atom is -0.310 e. The smallest absolute Gasteiger partial charge is 0.0933 e. The van der Waals surface area contributed by atoms with E-state index in [2.05, 4.69) is 280 Å². The molecule has 12 aromatic rings. The number of aromatic nitrogens is 2. The monoisotopic (exact) mass is 948 g/mol. The molecule has 0 atom stereocenters. The zero-order valence-electron chi connectivity index (χ0n) is 41.9. The van der Waals surface area contributed by atoms with Crippen LogP contribution >= 0.6 is 0 Å². The molecule has 11 aromatic carbocycles. The van der Waals surface area contributed by atoms with Gasteiger partial charge in [-0.1, -0.05) is 198 Å². The summed E-state index contributed by atoms with van der Waals surface area (Å²) in [6.07, 6.45) is 0. The van der Waals surface area contributed by atoms with E-state index in [4.69, 9.17) is 9.97 Å². The molecule has 0 aliphatic heterocycles. The number of rotatable bonds is 8. The Morgan fingerprint density at radius 3 is 1.32 bits per heavy atom. The normalized spacial score (nSPS) is 13.6. The molecule has 352 valence electrons. The van der Waals surface area contributed by atoms with Gasteiger partial charge in [0.15, 0.2) is 0 Å². The summed E-state index contributed by atoms with van der Waals surface area (Å²) in [5, 5.41) is 7.30. The van der Waals surface area contributed by atoms with Gasteiger partial charge in [0.25, 0.3) is 0 Å². The van der Waals surface area contributed by atoms with E-state index in [1.54, 1.807) is 0 Å². The highest BCUT2D eigenvalue weighted by atomic mass is 15.1. The molecule has 1 heterocycles. The van der Waals surface area contributed by atoms with Crippen LogP contribution in [0.25, 0.3) is 77.1 Å². The van der Waals surface area contributed by atoms with Gasteiger partial charge in [0.05, 0.1) is 28.5 Å². The topological polar surface area (TPSA) is 32.3 Å². The Morgan fingerprint density at radius 2 is 0.716 bits per heavy atom. The molecule has 1 aromatic heterocycles. The van der Waals surface area contributed by atoms with Crippen molar-refractivity contribution < 1.29 is 0 Å². The van der Waals surface area contributed by atoms with E-state index in [0.717, 1.165) is 68.0 Å². The van der Waals surface area contributed by atoms with Gasteiger partial charge in [-0.15, -0.1) is 0 Å². The summed E-state index contributed by atoms with van der Waals surface area (Å²) in [5.41, 5.74) is 19.7. The highest BCUT2D eigenvalue weighted by molar-refractivity contribution is 6.13. The van der Waals surface area contributed by atoms with Crippen molar-refractivity contribution in [1.82, 2.24) is 9.97 Å². The molecule has 0 saturated heterocycles. The lowest BCUT2D eigenvalue weighted by atomic mass is 9.83. The lowest BCUT2D eigenvalue weighted by Crippen LogP contribution is -2.20. The minimum absolute atomic E-state index is 0.375. The minimum atomic E-state index is -0.378. The maximum absolute atomic E-state index is 5.66. The van der Waals surface area contributed by atoms with Gasteiger partial charge in [-0.25, -0.2) is 9.97 Å². The van der Waals surface area contributed by atoms with Crippen molar-refractivity contribution in [3.8, 4) is 44.8 Å². The third-order valence-corrected chi connectivity index (χ3v) is 15.9. The van der Waals surface area contributed by atoms with Crippen LogP contribution in [0.1, 0.15) is 50.2 Å². The lowest BCUT2D eigenvalue weighted by molar-refractivity contribution is 0.617. The Kier molecular flexibility index (Phi) is 9.87. The summed E-state index contributed by atoms with van der Waals surface area (Å²) in [5.74, 6) is 0. The first-order valence-corrected chi connectivity index (χ1v) is 25.7. The van der Waals surface area contributed by atoms with E-state index in [1.165, 1.54) is 65.7 Å². The third-order valence-electron chi connectivity index (χ3n) is 15.9. The molecule has 0 bridgehead atoms. The first kappa shape index (κ1) is 43.7. The summed E-state index contributed by atoms with van der Waals surface area (Å²) in [4.78, 5) is 16.0. The fourth-order valence-corrected chi connectivity index (χ4v) is 12.2. The van der Waals surface area contributed by atoms with Gasteiger partial charge in [0.2, 0.25) is 0 Å². The van der Waals surface area contributed by atoms with Gasteiger partial charge in [-0.05, 0) is 133 Å². The van der Waals surface area contributed by atoms with Crippen LogP contribution in [0.15, 0.2) is 243 Å². The summed E-state index contributed by atoms with van der Waals surface area (Å²) < 4.78 is 0. The van der Waals surface area contributed by atoms with Crippen LogP contribution in [0, 0.1) is 0 Å². The number of benzene rings is 11. The predicted molar refractivity (Wildman–Crippen MR) is 310 cm³/mol. The van der Waals surface area contributed by atoms with Crippen molar-refractivity contribution in [2.45, 2.75) is 38.5 Å². The maximum Gasteiger partial charge on any atom is 0.0933 e. The van der Waals surface area contributed by atoms with E-state index in [-0.39, 0.29) is 10.8 Å². The molecule has 14 rings (SSSR count). The van der Waals surface area contributed by atoms with Crippen molar-refractivity contribution in [3.05, 3.63) is 265 Å². The molecule has 0 amide bonds. The highest BCUT2D eigenvalue weighted by Gasteiger charge is 2.45. The van der Waals surface area contributed by atoms with E-state index in [1.807, 2.05) is 0 Å². The molecule has 0 N–H and O–H groups in total. The van der Waals surface area contributed by atoms with E-state index in [0.29, 0.717) is 0 Å². The molecule has 4 nitrogen and oxygen atoms in total. The van der Waals surface area contributed by atoms with Crippen molar-refractivity contribution in [2.24, 2.45) is 0 Å². The molecule has 2 aliphatic rings. The Morgan fingerprint density at radius 1 is 0.297 bits per heavy atom. The second-order valence-corrected chi connectivity index (χ2v) is 21.0. The fourth-order valence-electron chi connectivity index (χ4n) is 12.2. The largest absolute Gasteiger partial charge is 0.310 e. The Bertz CT molecular complexity index is 4160. The van der Waals surface area contributed by atoms with Crippen LogP contribution in [-0.4, -0.2) is 9.97 Å². The molecule has 74 heavy (non-hydrogen) atoms. The van der Waals surface area contributed by atoms with Crippen LogP contribution in [0.5, 0.6) is 0 Å². The van der Waals surface area contributed by atoms with Gasteiger partial charge in [0, 0.05) is 55.8 Å². The first-order chi connectivity index (χ1) is 36.2. The fraction of sp³-hybridized carbons (Fsp3) is 0.0857. The summed E-state index contributed by atoms with van der Waals surface area (Å²) >= 11 is 0. The zero-order chi connectivity index (χ0) is 49.7. The maximum atomic E-state index is 5.66. The van der Waals surface area contributed by atoms with Crippen molar-refractivity contribution in [1.29, 1.82) is 0 Å². The number of hydrogen-bond acceptors (Lipinski definition) is 4. The molecule has 0 unspecified atom stereocenters. The molecule has 0 radical (unpaired) electrons. The van der Waals surface area contributed by atoms with Crippen LogP contribution < -0.4 is 9.80 Å². The Hall–Kier alpha value is -9.12. The van der Waals surface area contributed by atoms with E-state index >= 15 is 0 Å². The van der Waals surface area contributed by atoms with Crippen molar-refractivity contribution in [2.75, 3.05) is 9.80 Å².